The number of aromatic nitrogens is 3. The monoisotopic (exact) mass is 462 g/mol. The fourth-order valence-corrected chi connectivity index (χ4v) is 3.41. The summed E-state index contributed by atoms with van der Waals surface area (Å²) in [5, 5.41) is 6.73. The van der Waals surface area contributed by atoms with Gasteiger partial charge in [-0.05, 0) is 54.4 Å². The van der Waals surface area contributed by atoms with Gasteiger partial charge in [0.1, 0.15) is 11.6 Å². The van der Waals surface area contributed by atoms with E-state index in [1.54, 1.807) is 6.92 Å². The normalized spacial score (nSPS) is 11.7. The molecule has 0 unspecified atom stereocenters. The lowest BCUT2D eigenvalue weighted by atomic mass is 10.1. The zero-order valence-electron chi connectivity index (χ0n) is 18.1. The van der Waals surface area contributed by atoms with Crippen molar-refractivity contribution in [2.45, 2.75) is 19.5 Å². The van der Waals surface area contributed by atoms with Gasteiger partial charge in [0.05, 0.1) is 18.3 Å². The number of carbonyl (C=O) groups is 1. The number of rotatable bonds is 6. The minimum absolute atomic E-state index is 0.171. The second-order valence-electron chi connectivity index (χ2n) is 7.64. The highest BCUT2D eigenvalue weighted by molar-refractivity contribution is 5.92. The molecule has 34 heavy (non-hydrogen) atoms. The first-order chi connectivity index (χ1) is 16.3. The number of amides is 1. The predicted octanol–water partition coefficient (Wildman–Crippen LogP) is 3.21. The average molecular weight is 462 g/mol. The van der Waals surface area contributed by atoms with E-state index in [0.717, 1.165) is 26.9 Å². The van der Waals surface area contributed by atoms with Crippen molar-refractivity contribution in [2.24, 2.45) is 0 Å². The maximum Gasteiger partial charge on any atom is 0.352 e. The minimum atomic E-state index is -0.898. The summed E-state index contributed by atoms with van der Waals surface area (Å²) < 4.78 is 28.4. The van der Waals surface area contributed by atoms with E-state index in [2.05, 4.69) is 10.4 Å². The fourth-order valence-electron chi connectivity index (χ4n) is 3.41. The molecule has 9 heteroatoms. The van der Waals surface area contributed by atoms with E-state index in [-0.39, 0.29) is 12.2 Å². The highest BCUT2D eigenvalue weighted by Crippen LogP contribution is 2.12. The molecule has 7 nitrogen and oxygen atoms in total. The first-order valence-electron chi connectivity index (χ1n) is 10.4. The van der Waals surface area contributed by atoms with Gasteiger partial charge < -0.3 is 5.32 Å². The molecule has 0 aliphatic heterocycles. The Hall–Kier alpha value is -4.40. The van der Waals surface area contributed by atoms with Crippen molar-refractivity contribution in [3.63, 3.8) is 0 Å². The van der Waals surface area contributed by atoms with Crippen LogP contribution in [0.4, 0.5) is 8.78 Å². The van der Waals surface area contributed by atoms with Crippen LogP contribution >= 0.6 is 0 Å². The van der Waals surface area contributed by atoms with Crippen molar-refractivity contribution in [1.82, 2.24) is 19.7 Å². The molecule has 0 fully saturated rings. The Morgan fingerprint density at radius 1 is 0.912 bits per heavy atom. The summed E-state index contributed by atoms with van der Waals surface area (Å²) >= 11 is 0. The van der Waals surface area contributed by atoms with Gasteiger partial charge in [-0.1, -0.05) is 42.5 Å². The Kier molecular flexibility index (Phi) is 6.44. The van der Waals surface area contributed by atoms with Crippen LogP contribution in [0.25, 0.3) is 5.69 Å². The minimum Gasteiger partial charge on any atom is -0.344 e. The molecule has 0 radical (unpaired) electrons. The van der Waals surface area contributed by atoms with Crippen molar-refractivity contribution < 1.29 is 13.6 Å². The molecular weight excluding hydrogens is 442 g/mol. The maximum absolute atomic E-state index is 13.4. The second-order valence-corrected chi connectivity index (χ2v) is 7.64. The summed E-state index contributed by atoms with van der Waals surface area (Å²) in [5.74, 6) is -1.76. The first kappa shape index (κ1) is 22.8. The molecule has 0 aliphatic rings. The fraction of sp³-hybridized carbons (Fsp3) is 0.120. The third-order valence-electron chi connectivity index (χ3n) is 5.25. The van der Waals surface area contributed by atoms with Crippen molar-refractivity contribution in [1.29, 1.82) is 0 Å². The average Bonchev–Trinajstić information content (AvgIpc) is 2.84. The van der Waals surface area contributed by atoms with Crippen LogP contribution in [0.15, 0.2) is 88.5 Å². The maximum atomic E-state index is 13.4. The molecule has 0 saturated carbocycles. The molecule has 0 saturated heterocycles. The van der Waals surface area contributed by atoms with Crippen molar-refractivity contribution in [3.8, 4) is 5.69 Å². The molecule has 4 aromatic rings. The van der Waals surface area contributed by atoms with E-state index in [9.17, 15) is 23.2 Å². The highest BCUT2D eigenvalue weighted by Gasteiger charge is 2.22. The lowest BCUT2D eigenvalue weighted by Crippen LogP contribution is -2.46. The Morgan fingerprint density at radius 2 is 1.50 bits per heavy atom. The van der Waals surface area contributed by atoms with Crippen molar-refractivity contribution in [2.75, 3.05) is 0 Å². The van der Waals surface area contributed by atoms with E-state index in [0.29, 0.717) is 5.56 Å². The Balaban J connectivity index is 1.80. The number of carbonyl (C=O) groups excluding carboxylic acids is 1. The van der Waals surface area contributed by atoms with E-state index >= 15 is 0 Å². The lowest BCUT2D eigenvalue weighted by molar-refractivity contribution is 0.0930. The van der Waals surface area contributed by atoms with Gasteiger partial charge in [0.15, 0.2) is 0 Å². The molecule has 0 bridgehead atoms. The van der Waals surface area contributed by atoms with Crippen LogP contribution in [-0.2, 0) is 6.54 Å². The van der Waals surface area contributed by atoms with Crippen molar-refractivity contribution in [3.05, 3.63) is 128 Å². The Labute approximate surface area is 192 Å². The highest BCUT2D eigenvalue weighted by atomic mass is 19.1. The lowest BCUT2D eigenvalue weighted by Gasteiger charge is -2.15. The number of benzene rings is 3. The van der Waals surface area contributed by atoms with Crippen LogP contribution in [0.1, 0.15) is 34.6 Å². The number of nitrogens with zero attached hydrogens (tertiary/aromatic N) is 3. The van der Waals surface area contributed by atoms with Crippen LogP contribution in [0.2, 0.25) is 0 Å². The molecular formula is C25H20F2N4O3. The summed E-state index contributed by atoms with van der Waals surface area (Å²) in [6.07, 6.45) is 0. The van der Waals surface area contributed by atoms with E-state index in [4.69, 9.17) is 0 Å². The molecule has 0 spiro atoms. The molecule has 172 valence electrons. The number of hydrogen-bond donors (Lipinski definition) is 1. The smallest absolute Gasteiger partial charge is 0.344 e. The van der Waals surface area contributed by atoms with E-state index in [1.807, 2.05) is 30.3 Å². The molecule has 1 amide bonds. The SMILES string of the molecule is C[C@H](NC(=O)c1nn(-c2ccc(F)cc2)c(=O)n(Cc2ccc(F)cc2)c1=O)c1ccccc1. The molecule has 1 atom stereocenters. The molecule has 1 aromatic heterocycles. The third kappa shape index (κ3) is 4.83. The van der Waals surface area contributed by atoms with Gasteiger partial charge in [0.25, 0.3) is 11.5 Å². The van der Waals surface area contributed by atoms with E-state index < -0.39 is 40.5 Å². The molecule has 3 aromatic carbocycles. The second kappa shape index (κ2) is 9.62. The predicted molar refractivity (Wildman–Crippen MR) is 122 cm³/mol. The summed E-state index contributed by atoms with van der Waals surface area (Å²) in [6, 6.07) is 18.9. The number of hydrogen-bond acceptors (Lipinski definition) is 4. The van der Waals surface area contributed by atoms with Gasteiger partial charge in [0, 0.05) is 0 Å². The van der Waals surface area contributed by atoms with Crippen LogP contribution in [0.3, 0.4) is 0 Å². The third-order valence-corrected chi connectivity index (χ3v) is 5.25. The summed E-state index contributed by atoms with van der Waals surface area (Å²) in [7, 11) is 0. The molecule has 4 rings (SSSR count). The van der Waals surface area contributed by atoms with Gasteiger partial charge in [-0.25, -0.2) is 13.6 Å². The Bertz CT molecular complexity index is 1430. The largest absolute Gasteiger partial charge is 0.352 e. The summed E-state index contributed by atoms with van der Waals surface area (Å²) in [6.45, 7) is 1.54. The van der Waals surface area contributed by atoms with Crippen LogP contribution in [-0.4, -0.2) is 20.3 Å². The Morgan fingerprint density at radius 3 is 2.12 bits per heavy atom. The number of halogens is 2. The van der Waals surface area contributed by atoms with Crippen LogP contribution < -0.4 is 16.6 Å². The van der Waals surface area contributed by atoms with Gasteiger partial charge in [-0.2, -0.15) is 9.78 Å². The zero-order chi connectivity index (χ0) is 24.2. The van der Waals surface area contributed by atoms with Gasteiger partial charge in [0.2, 0.25) is 5.69 Å². The molecule has 1 N–H and O–H groups in total. The van der Waals surface area contributed by atoms with Gasteiger partial charge in [-0.15, -0.1) is 0 Å². The van der Waals surface area contributed by atoms with Crippen molar-refractivity contribution >= 4 is 5.91 Å². The number of nitrogens with one attached hydrogen (secondary N) is 1. The standard InChI is InChI=1S/C25H20F2N4O3/c1-16(18-5-3-2-4-6-18)28-23(32)22-24(33)30(15-17-7-9-19(26)10-8-17)25(34)31(29-22)21-13-11-20(27)12-14-21/h2-14,16H,15H2,1H3,(H,28,32)/t16-/m0/s1. The van der Waals surface area contributed by atoms with E-state index in [1.165, 1.54) is 36.4 Å². The molecule has 0 aliphatic carbocycles. The topological polar surface area (TPSA) is 86.0 Å². The molecule has 1 heterocycles. The summed E-state index contributed by atoms with van der Waals surface area (Å²) in [4.78, 5) is 39.3. The zero-order valence-corrected chi connectivity index (χ0v) is 18.1. The summed E-state index contributed by atoms with van der Waals surface area (Å²) in [5.41, 5.74) is -0.770. The quantitative estimate of drug-likeness (QED) is 0.477. The van der Waals surface area contributed by atoms with Crippen LogP contribution in [0.5, 0.6) is 0 Å². The van der Waals surface area contributed by atoms with Crippen LogP contribution in [0, 0.1) is 11.6 Å². The van der Waals surface area contributed by atoms with Gasteiger partial charge in [-0.3, -0.25) is 14.2 Å². The first-order valence-corrected chi connectivity index (χ1v) is 10.4. The van der Waals surface area contributed by atoms with Gasteiger partial charge >= 0.3 is 5.69 Å².